The molecule has 0 aromatic heterocycles. The van der Waals surface area contributed by atoms with Crippen molar-refractivity contribution in [1.29, 1.82) is 0 Å². The molecule has 1 aromatic rings. The first-order chi connectivity index (χ1) is 9.24. The molecule has 1 saturated carbocycles. The number of methoxy groups -OCH3 is 2. The molecule has 1 atom stereocenters. The van der Waals surface area contributed by atoms with Crippen molar-refractivity contribution in [3.63, 3.8) is 0 Å². The standard InChI is InChI=1S/C15H22O3S/c1-17-14-8-7-11(9-15(14)18-2)13(16)10-19-12-5-3-4-6-12/h7-9,12-13,16H,3-6,10H2,1-2H3. The highest BCUT2D eigenvalue weighted by Gasteiger charge is 2.18. The van der Waals surface area contributed by atoms with Crippen LogP contribution in [0.25, 0.3) is 0 Å². The lowest BCUT2D eigenvalue weighted by atomic mass is 10.1. The van der Waals surface area contributed by atoms with Crippen LogP contribution in [-0.4, -0.2) is 30.3 Å². The molecule has 1 unspecified atom stereocenters. The Balaban J connectivity index is 1.95. The zero-order chi connectivity index (χ0) is 13.7. The third-order valence-corrected chi connectivity index (χ3v) is 5.04. The second kappa shape index (κ2) is 7.06. The summed E-state index contributed by atoms with van der Waals surface area (Å²) >= 11 is 1.89. The van der Waals surface area contributed by atoms with Gasteiger partial charge in [-0.2, -0.15) is 11.8 Å². The van der Waals surface area contributed by atoms with Crippen LogP contribution in [0.4, 0.5) is 0 Å². The van der Waals surface area contributed by atoms with Crippen molar-refractivity contribution in [3.05, 3.63) is 23.8 Å². The van der Waals surface area contributed by atoms with Crippen molar-refractivity contribution in [3.8, 4) is 11.5 Å². The van der Waals surface area contributed by atoms with Crippen molar-refractivity contribution in [2.45, 2.75) is 37.0 Å². The highest BCUT2D eigenvalue weighted by Crippen LogP contribution is 2.34. The molecular formula is C15H22O3S. The summed E-state index contributed by atoms with van der Waals surface area (Å²) in [5.41, 5.74) is 0.892. The summed E-state index contributed by atoms with van der Waals surface area (Å²) in [7, 11) is 3.23. The highest BCUT2D eigenvalue weighted by atomic mass is 32.2. The quantitative estimate of drug-likeness (QED) is 0.868. The lowest BCUT2D eigenvalue weighted by Crippen LogP contribution is -2.05. The predicted octanol–water partition coefficient (Wildman–Crippen LogP) is 3.41. The molecule has 1 aliphatic rings. The zero-order valence-corrected chi connectivity index (χ0v) is 12.4. The second-order valence-corrected chi connectivity index (χ2v) is 6.20. The fourth-order valence-corrected chi connectivity index (χ4v) is 3.75. The fourth-order valence-electron chi connectivity index (χ4n) is 2.44. The van der Waals surface area contributed by atoms with Crippen LogP contribution in [0.2, 0.25) is 0 Å². The van der Waals surface area contributed by atoms with Gasteiger partial charge in [-0.15, -0.1) is 0 Å². The van der Waals surface area contributed by atoms with Crippen LogP contribution in [0.1, 0.15) is 37.4 Å². The van der Waals surface area contributed by atoms with E-state index in [2.05, 4.69) is 0 Å². The topological polar surface area (TPSA) is 38.7 Å². The summed E-state index contributed by atoms with van der Waals surface area (Å²) in [6, 6.07) is 5.61. The van der Waals surface area contributed by atoms with Gasteiger partial charge >= 0.3 is 0 Å². The number of benzene rings is 1. The Kier molecular flexibility index (Phi) is 5.40. The van der Waals surface area contributed by atoms with E-state index in [9.17, 15) is 5.11 Å². The first-order valence-electron chi connectivity index (χ1n) is 6.76. The van der Waals surface area contributed by atoms with Crippen molar-refractivity contribution in [1.82, 2.24) is 0 Å². The van der Waals surface area contributed by atoms with Crippen LogP contribution in [-0.2, 0) is 0 Å². The number of rotatable bonds is 6. The van der Waals surface area contributed by atoms with E-state index in [0.29, 0.717) is 11.5 Å². The van der Waals surface area contributed by atoms with E-state index in [1.165, 1.54) is 25.7 Å². The third-order valence-electron chi connectivity index (χ3n) is 3.58. The lowest BCUT2D eigenvalue weighted by molar-refractivity contribution is 0.203. The average molecular weight is 282 g/mol. The van der Waals surface area contributed by atoms with Gasteiger partial charge in [-0.25, -0.2) is 0 Å². The van der Waals surface area contributed by atoms with E-state index in [-0.39, 0.29) is 0 Å². The van der Waals surface area contributed by atoms with Crippen LogP contribution in [0, 0.1) is 0 Å². The minimum absolute atomic E-state index is 0.439. The largest absolute Gasteiger partial charge is 0.493 e. The van der Waals surface area contributed by atoms with Gasteiger partial charge in [-0.1, -0.05) is 18.9 Å². The molecule has 19 heavy (non-hydrogen) atoms. The summed E-state index contributed by atoms with van der Waals surface area (Å²) in [4.78, 5) is 0. The van der Waals surface area contributed by atoms with E-state index in [0.717, 1.165) is 16.6 Å². The van der Waals surface area contributed by atoms with E-state index < -0.39 is 6.10 Å². The molecule has 1 N–H and O–H groups in total. The molecule has 0 spiro atoms. The van der Waals surface area contributed by atoms with Gasteiger partial charge in [0, 0.05) is 11.0 Å². The van der Waals surface area contributed by atoms with E-state index in [1.54, 1.807) is 14.2 Å². The van der Waals surface area contributed by atoms with E-state index >= 15 is 0 Å². The lowest BCUT2D eigenvalue weighted by Gasteiger charge is -2.16. The molecular weight excluding hydrogens is 260 g/mol. The van der Waals surface area contributed by atoms with Crippen LogP contribution in [0.3, 0.4) is 0 Å². The first kappa shape index (κ1) is 14.5. The number of thioether (sulfide) groups is 1. The maximum absolute atomic E-state index is 10.2. The van der Waals surface area contributed by atoms with Crippen LogP contribution < -0.4 is 9.47 Å². The van der Waals surface area contributed by atoms with Gasteiger partial charge in [0.25, 0.3) is 0 Å². The van der Waals surface area contributed by atoms with Gasteiger partial charge in [0.1, 0.15) is 0 Å². The molecule has 0 bridgehead atoms. The summed E-state index contributed by atoms with van der Waals surface area (Å²) in [6.45, 7) is 0. The Morgan fingerprint density at radius 1 is 1.21 bits per heavy atom. The second-order valence-electron chi connectivity index (χ2n) is 4.87. The van der Waals surface area contributed by atoms with E-state index in [4.69, 9.17) is 9.47 Å². The van der Waals surface area contributed by atoms with E-state index in [1.807, 2.05) is 30.0 Å². The van der Waals surface area contributed by atoms with Crippen molar-refractivity contribution < 1.29 is 14.6 Å². The molecule has 1 fully saturated rings. The Hall–Kier alpha value is -0.870. The summed E-state index contributed by atoms with van der Waals surface area (Å²) in [5, 5.41) is 11.0. The average Bonchev–Trinajstić information content (AvgIpc) is 2.97. The Labute approximate surface area is 119 Å². The maximum Gasteiger partial charge on any atom is 0.161 e. The van der Waals surface area contributed by atoms with Gasteiger partial charge < -0.3 is 14.6 Å². The van der Waals surface area contributed by atoms with Crippen molar-refractivity contribution in [2.75, 3.05) is 20.0 Å². The fraction of sp³-hybridized carbons (Fsp3) is 0.600. The molecule has 4 heteroatoms. The smallest absolute Gasteiger partial charge is 0.161 e. The highest BCUT2D eigenvalue weighted by molar-refractivity contribution is 7.99. The number of hydrogen-bond acceptors (Lipinski definition) is 4. The number of aliphatic hydroxyl groups is 1. The minimum Gasteiger partial charge on any atom is -0.493 e. The monoisotopic (exact) mass is 282 g/mol. The van der Waals surface area contributed by atoms with Gasteiger partial charge in [0.05, 0.1) is 20.3 Å². The van der Waals surface area contributed by atoms with Gasteiger partial charge in [0.2, 0.25) is 0 Å². The van der Waals surface area contributed by atoms with Crippen LogP contribution in [0.5, 0.6) is 11.5 Å². The molecule has 2 rings (SSSR count). The number of aliphatic hydroxyl groups excluding tert-OH is 1. The molecule has 0 amide bonds. The SMILES string of the molecule is COc1ccc(C(O)CSC2CCCC2)cc1OC. The summed E-state index contributed by atoms with van der Waals surface area (Å²) in [5.74, 6) is 2.12. The molecule has 1 aromatic carbocycles. The Morgan fingerprint density at radius 2 is 1.89 bits per heavy atom. The van der Waals surface area contributed by atoms with Crippen LogP contribution >= 0.6 is 11.8 Å². The van der Waals surface area contributed by atoms with Gasteiger partial charge in [-0.05, 0) is 30.5 Å². The molecule has 1 aliphatic carbocycles. The molecule has 0 aliphatic heterocycles. The molecule has 0 heterocycles. The minimum atomic E-state index is -0.439. The molecule has 0 saturated heterocycles. The molecule has 106 valence electrons. The molecule has 3 nitrogen and oxygen atoms in total. The predicted molar refractivity (Wildman–Crippen MR) is 79.2 cm³/mol. The Morgan fingerprint density at radius 3 is 2.53 bits per heavy atom. The normalized spacial score (nSPS) is 17.4. The third kappa shape index (κ3) is 3.80. The van der Waals surface area contributed by atoms with Crippen LogP contribution in [0.15, 0.2) is 18.2 Å². The van der Waals surface area contributed by atoms with Gasteiger partial charge in [-0.3, -0.25) is 0 Å². The summed E-state index contributed by atoms with van der Waals surface area (Å²) in [6.07, 6.45) is 4.83. The summed E-state index contributed by atoms with van der Waals surface area (Å²) < 4.78 is 10.5. The van der Waals surface area contributed by atoms with Crippen molar-refractivity contribution >= 4 is 11.8 Å². The number of ether oxygens (including phenoxy) is 2. The van der Waals surface area contributed by atoms with Crippen molar-refractivity contribution in [2.24, 2.45) is 0 Å². The van der Waals surface area contributed by atoms with Gasteiger partial charge in [0.15, 0.2) is 11.5 Å². The zero-order valence-electron chi connectivity index (χ0n) is 11.6. The maximum atomic E-state index is 10.2. The molecule has 0 radical (unpaired) electrons. The number of hydrogen-bond donors (Lipinski definition) is 1. The Bertz CT molecular complexity index is 402. The first-order valence-corrected chi connectivity index (χ1v) is 7.81.